The Bertz CT molecular complexity index is 1220. The zero-order chi connectivity index (χ0) is 24.2. The quantitative estimate of drug-likeness (QED) is 0.292. The molecule has 3 aromatic rings. The summed E-state index contributed by atoms with van der Waals surface area (Å²) in [6.45, 7) is 1.82. The fourth-order valence-electron chi connectivity index (χ4n) is 3.99. The minimum atomic E-state index is -0.927. The predicted molar refractivity (Wildman–Crippen MR) is 139 cm³/mol. The highest BCUT2D eigenvalue weighted by Gasteiger charge is 2.41. The average Bonchev–Trinajstić information content (AvgIpc) is 2.90. The molecule has 0 spiro atoms. The highest BCUT2D eigenvalue weighted by Crippen LogP contribution is 2.36. The molecule has 3 aromatic carbocycles. The molecule has 1 atom stereocenters. The molecule has 0 aliphatic carbocycles. The lowest BCUT2D eigenvalue weighted by Crippen LogP contribution is -2.44. The lowest BCUT2D eigenvalue weighted by Gasteiger charge is -2.31. The van der Waals surface area contributed by atoms with Gasteiger partial charge in [-0.2, -0.15) is 0 Å². The second-order valence-electron chi connectivity index (χ2n) is 7.76. The molecule has 1 heterocycles. The van der Waals surface area contributed by atoms with Crippen LogP contribution in [0.3, 0.4) is 0 Å². The standard InChI is InChI=1S/C26H22ClIN2O4/c1-2-34-23(31)16-29-22-13-12-20(28)14-21(22)25(32)30(15-17-8-10-19(27)11-9-17)24(26(29)33)18-6-4-3-5-7-18/h3-14,24H,2,15-16H2,1H3. The van der Waals surface area contributed by atoms with Gasteiger partial charge in [-0.25, -0.2) is 0 Å². The second-order valence-corrected chi connectivity index (χ2v) is 9.45. The Morgan fingerprint density at radius 1 is 1.03 bits per heavy atom. The van der Waals surface area contributed by atoms with Gasteiger partial charge in [0.05, 0.1) is 17.9 Å². The van der Waals surface area contributed by atoms with Crippen LogP contribution in [-0.2, 0) is 20.9 Å². The minimum absolute atomic E-state index is 0.194. The van der Waals surface area contributed by atoms with Crippen LogP contribution in [0.15, 0.2) is 72.8 Å². The van der Waals surface area contributed by atoms with Gasteiger partial charge in [0.2, 0.25) is 0 Å². The Balaban J connectivity index is 1.87. The highest BCUT2D eigenvalue weighted by molar-refractivity contribution is 14.1. The molecule has 2 amide bonds. The number of halogens is 2. The summed E-state index contributed by atoms with van der Waals surface area (Å²) in [5.74, 6) is -1.20. The highest BCUT2D eigenvalue weighted by atomic mass is 127. The maximum absolute atomic E-state index is 14.0. The van der Waals surface area contributed by atoms with Crippen molar-refractivity contribution >= 4 is 57.7 Å². The first-order valence-corrected chi connectivity index (χ1v) is 12.2. The van der Waals surface area contributed by atoms with Gasteiger partial charge in [0.25, 0.3) is 11.8 Å². The Labute approximate surface area is 216 Å². The van der Waals surface area contributed by atoms with Crippen LogP contribution < -0.4 is 4.90 Å². The largest absolute Gasteiger partial charge is 0.465 e. The van der Waals surface area contributed by atoms with Gasteiger partial charge in [-0.1, -0.05) is 54.1 Å². The van der Waals surface area contributed by atoms with Crippen LogP contribution in [0.5, 0.6) is 0 Å². The van der Waals surface area contributed by atoms with Gasteiger partial charge in [-0.15, -0.1) is 0 Å². The fourth-order valence-corrected chi connectivity index (χ4v) is 4.61. The summed E-state index contributed by atoms with van der Waals surface area (Å²) < 4.78 is 5.97. The second kappa shape index (κ2) is 10.6. The smallest absolute Gasteiger partial charge is 0.326 e. The summed E-state index contributed by atoms with van der Waals surface area (Å²) in [5.41, 5.74) is 2.24. The number of carbonyl (C=O) groups is 3. The van der Waals surface area contributed by atoms with E-state index in [1.54, 1.807) is 36.1 Å². The number of benzene rings is 3. The summed E-state index contributed by atoms with van der Waals surface area (Å²) in [7, 11) is 0. The molecule has 1 aliphatic rings. The topological polar surface area (TPSA) is 66.9 Å². The van der Waals surface area contributed by atoms with Gasteiger partial charge in [0, 0.05) is 15.1 Å². The fraction of sp³-hybridized carbons (Fsp3) is 0.192. The van der Waals surface area contributed by atoms with Crippen LogP contribution in [-0.4, -0.2) is 35.8 Å². The molecule has 6 nitrogen and oxygen atoms in total. The Kier molecular flexibility index (Phi) is 7.53. The van der Waals surface area contributed by atoms with E-state index in [9.17, 15) is 14.4 Å². The summed E-state index contributed by atoms with van der Waals surface area (Å²) in [6, 6.07) is 20.6. The number of amides is 2. The normalized spacial score (nSPS) is 15.7. The molecule has 0 saturated carbocycles. The predicted octanol–water partition coefficient (Wildman–Crippen LogP) is 5.24. The third-order valence-corrected chi connectivity index (χ3v) is 6.45. The van der Waals surface area contributed by atoms with Gasteiger partial charge >= 0.3 is 5.97 Å². The molecule has 1 aliphatic heterocycles. The number of esters is 1. The van der Waals surface area contributed by atoms with Crippen molar-refractivity contribution in [2.75, 3.05) is 18.1 Å². The van der Waals surface area contributed by atoms with Gasteiger partial charge in [0.1, 0.15) is 12.6 Å². The number of fused-ring (bicyclic) bond motifs is 1. The Morgan fingerprint density at radius 3 is 2.41 bits per heavy atom. The molecule has 0 fully saturated rings. The third-order valence-electron chi connectivity index (χ3n) is 5.53. The first kappa shape index (κ1) is 24.2. The molecule has 0 bridgehead atoms. The van der Waals surface area contributed by atoms with Crippen LogP contribution in [0, 0.1) is 3.57 Å². The Hall–Kier alpha value is -2.91. The van der Waals surface area contributed by atoms with Crippen LogP contribution in [0.4, 0.5) is 5.69 Å². The van der Waals surface area contributed by atoms with Crippen molar-refractivity contribution in [3.8, 4) is 0 Å². The van der Waals surface area contributed by atoms with Gasteiger partial charge in [-0.3, -0.25) is 19.3 Å². The maximum atomic E-state index is 14.0. The van der Waals surface area contributed by atoms with E-state index >= 15 is 0 Å². The van der Waals surface area contributed by atoms with Gasteiger partial charge in [0.15, 0.2) is 0 Å². The number of hydrogen-bond donors (Lipinski definition) is 0. The summed E-state index contributed by atoms with van der Waals surface area (Å²) >= 11 is 8.18. The number of nitrogens with zero attached hydrogens (tertiary/aromatic N) is 2. The van der Waals surface area contributed by atoms with E-state index in [4.69, 9.17) is 16.3 Å². The summed E-state index contributed by atoms with van der Waals surface area (Å²) in [4.78, 5) is 43.3. The number of hydrogen-bond acceptors (Lipinski definition) is 4. The van der Waals surface area contributed by atoms with Gasteiger partial charge < -0.3 is 9.64 Å². The number of anilines is 1. The maximum Gasteiger partial charge on any atom is 0.326 e. The molecule has 8 heteroatoms. The first-order valence-electron chi connectivity index (χ1n) is 10.8. The van der Waals surface area contributed by atoms with Crippen molar-refractivity contribution < 1.29 is 19.1 Å². The van der Waals surface area contributed by atoms with E-state index < -0.39 is 12.0 Å². The van der Waals surface area contributed by atoms with E-state index in [2.05, 4.69) is 22.6 Å². The summed E-state index contributed by atoms with van der Waals surface area (Å²) in [5, 5.41) is 0.585. The molecular formula is C26H22ClIN2O4. The van der Waals surface area contributed by atoms with E-state index in [0.29, 0.717) is 21.8 Å². The van der Waals surface area contributed by atoms with Crippen molar-refractivity contribution in [1.82, 2.24) is 4.90 Å². The minimum Gasteiger partial charge on any atom is -0.465 e. The molecular weight excluding hydrogens is 567 g/mol. The van der Waals surface area contributed by atoms with Crippen LogP contribution in [0.25, 0.3) is 0 Å². The van der Waals surface area contributed by atoms with E-state index in [1.165, 1.54) is 4.90 Å². The molecule has 34 heavy (non-hydrogen) atoms. The van der Waals surface area contributed by atoms with Crippen molar-refractivity contribution in [1.29, 1.82) is 0 Å². The molecule has 0 aromatic heterocycles. The molecule has 174 valence electrons. The van der Waals surface area contributed by atoms with Crippen molar-refractivity contribution in [2.45, 2.75) is 19.5 Å². The molecule has 4 rings (SSSR count). The zero-order valence-electron chi connectivity index (χ0n) is 18.4. The van der Waals surface area contributed by atoms with Crippen molar-refractivity contribution in [2.24, 2.45) is 0 Å². The molecule has 0 N–H and O–H groups in total. The van der Waals surface area contributed by atoms with Crippen molar-refractivity contribution in [3.63, 3.8) is 0 Å². The molecule has 0 saturated heterocycles. The SMILES string of the molecule is CCOC(=O)CN1C(=O)C(c2ccccc2)N(Cc2ccc(Cl)cc2)C(=O)c2cc(I)ccc21. The number of rotatable bonds is 6. The Morgan fingerprint density at radius 2 is 1.74 bits per heavy atom. The molecule has 1 unspecified atom stereocenters. The van der Waals surface area contributed by atoms with Crippen LogP contribution in [0.1, 0.15) is 34.5 Å². The lowest BCUT2D eigenvalue weighted by atomic mass is 10.0. The summed E-state index contributed by atoms with van der Waals surface area (Å²) in [6.07, 6.45) is 0. The van der Waals surface area contributed by atoms with E-state index in [1.807, 2.05) is 48.5 Å². The zero-order valence-corrected chi connectivity index (χ0v) is 21.3. The molecule has 0 radical (unpaired) electrons. The van der Waals surface area contributed by atoms with E-state index in [-0.39, 0.29) is 31.5 Å². The van der Waals surface area contributed by atoms with E-state index in [0.717, 1.165) is 9.13 Å². The van der Waals surface area contributed by atoms with Crippen molar-refractivity contribution in [3.05, 3.63) is 98.1 Å². The van der Waals surface area contributed by atoms with Crippen LogP contribution >= 0.6 is 34.2 Å². The number of ether oxygens (including phenoxy) is 1. The average molecular weight is 589 g/mol. The third kappa shape index (κ3) is 5.10. The first-order chi connectivity index (χ1) is 16.4. The number of carbonyl (C=O) groups excluding carboxylic acids is 3. The lowest BCUT2D eigenvalue weighted by molar-refractivity contribution is -0.142. The monoisotopic (exact) mass is 588 g/mol. The van der Waals surface area contributed by atoms with Gasteiger partial charge in [-0.05, 0) is 71.0 Å². The van der Waals surface area contributed by atoms with Crippen LogP contribution in [0.2, 0.25) is 5.02 Å².